The van der Waals surface area contributed by atoms with Crippen LogP contribution >= 0.6 is 11.8 Å². The molecule has 0 aliphatic rings. The normalized spacial score (nSPS) is 11.8. The Morgan fingerprint density at radius 2 is 1.96 bits per heavy atom. The van der Waals surface area contributed by atoms with Crippen molar-refractivity contribution >= 4 is 17.7 Å². The van der Waals surface area contributed by atoms with Crippen molar-refractivity contribution in [3.8, 4) is 5.75 Å². The highest BCUT2D eigenvalue weighted by molar-refractivity contribution is 8.00. The number of amides is 1. The number of ether oxygens (including phenoxy) is 1. The zero-order valence-electron chi connectivity index (χ0n) is 13.5. The van der Waals surface area contributed by atoms with Gasteiger partial charge in [0.1, 0.15) is 11.6 Å². The Hall–Kier alpha value is -2.01. The molecule has 0 spiro atoms. The summed E-state index contributed by atoms with van der Waals surface area (Å²) in [6, 6.07) is 13.9. The SMILES string of the molecule is COc1ccc(SC(C)C(=O)N(C)Cc2cccc(F)c2)cc1. The van der Waals surface area contributed by atoms with Crippen LogP contribution < -0.4 is 4.74 Å². The zero-order chi connectivity index (χ0) is 16.8. The van der Waals surface area contributed by atoms with E-state index < -0.39 is 0 Å². The van der Waals surface area contributed by atoms with Crippen LogP contribution in [0.5, 0.6) is 5.75 Å². The van der Waals surface area contributed by atoms with Crippen LogP contribution in [-0.2, 0) is 11.3 Å². The average molecular weight is 333 g/mol. The van der Waals surface area contributed by atoms with E-state index in [-0.39, 0.29) is 17.0 Å². The number of rotatable bonds is 6. The lowest BCUT2D eigenvalue weighted by atomic mass is 10.2. The average Bonchev–Trinajstić information content (AvgIpc) is 2.54. The number of hydrogen-bond donors (Lipinski definition) is 0. The maximum Gasteiger partial charge on any atom is 0.235 e. The summed E-state index contributed by atoms with van der Waals surface area (Å²) in [5.74, 6) is 0.510. The van der Waals surface area contributed by atoms with Crippen LogP contribution in [0.15, 0.2) is 53.4 Å². The summed E-state index contributed by atoms with van der Waals surface area (Å²) in [6.07, 6.45) is 0. The van der Waals surface area contributed by atoms with Crippen LogP contribution in [0.2, 0.25) is 0 Å². The van der Waals surface area contributed by atoms with Crippen molar-refractivity contribution in [2.24, 2.45) is 0 Å². The van der Waals surface area contributed by atoms with Crippen LogP contribution in [0, 0.1) is 5.82 Å². The van der Waals surface area contributed by atoms with Crippen molar-refractivity contribution in [3.63, 3.8) is 0 Å². The molecule has 0 radical (unpaired) electrons. The molecular formula is C18H20FNO2S. The third-order valence-corrected chi connectivity index (χ3v) is 4.50. The fourth-order valence-electron chi connectivity index (χ4n) is 2.21. The molecule has 23 heavy (non-hydrogen) atoms. The summed E-state index contributed by atoms with van der Waals surface area (Å²) in [4.78, 5) is 15.1. The Morgan fingerprint density at radius 3 is 2.57 bits per heavy atom. The number of carbonyl (C=O) groups excluding carboxylic acids is 1. The highest BCUT2D eigenvalue weighted by atomic mass is 32.2. The quantitative estimate of drug-likeness (QED) is 0.749. The molecule has 3 nitrogen and oxygen atoms in total. The van der Waals surface area contributed by atoms with Crippen LogP contribution in [0.4, 0.5) is 4.39 Å². The lowest BCUT2D eigenvalue weighted by Gasteiger charge is -2.21. The highest BCUT2D eigenvalue weighted by Crippen LogP contribution is 2.26. The first-order valence-corrected chi connectivity index (χ1v) is 8.17. The maximum absolute atomic E-state index is 13.2. The van der Waals surface area contributed by atoms with Crippen molar-refractivity contribution in [1.82, 2.24) is 4.90 Å². The summed E-state index contributed by atoms with van der Waals surface area (Å²) >= 11 is 1.49. The van der Waals surface area contributed by atoms with Crippen LogP contribution in [0.1, 0.15) is 12.5 Å². The first-order valence-electron chi connectivity index (χ1n) is 7.29. The van der Waals surface area contributed by atoms with E-state index in [0.29, 0.717) is 6.54 Å². The molecule has 1 unspecified atom stereocenters. The third kappa shape index (κ3) is 4.99. The molecule has 0 N–H and O–H groups in total. The van der Waals surface area contributed by atoms with E-state index in [1.54, 1.807) is 25.1 Å². The second-order valence-corrected chi connectivity index (χ2v) is 6.67. The van der Waals surface area contributed by atoms with E-state index in [4.69, 9.17) is 4.74 Å². The molecule has 1 amide bonds. The number of thioether (sulfide) groups is 1. The van der Waals surface area contributed by atoms with E-state index in [1.807, 2.05) is 37.3 Å². The van der Waals surface area contributed by atoms with E-state index >= 15 is 0 Å². The fourth-order valence-corrected chi connectivity index (χ4v) is 3.19. The van der Waals surface area contributed by atoms with Crippen molar-refractivity contribution in [2.45, 2.75) is 23.6 Å². The molecule has 0 aromatic heterocycles. The molecule has 0 saturated carbocycles. The molecule has 0 aliphatic carbocycles. The minimum absolute atomic E-state index is 0.00933. The lowest BCUT2D eigenvalue weighted by molar-refractivity contribution is -0.129. The molecule has 2 rings (SSSR count). The molecule has 0 bridgehead atoms. The number of benzene rings is 2. The van der Waals surface area contributed by atoms with Crippen LogP contribution in [0.3, 0.4) is 0 Å². The third-order valence-electron chi connectivity index (χ3n) is 3.41. The standard InChI is InChI=1S/C18H20FNO2S/c1-13(23-17-9-7-16(22-3)8-10-17)18(21)20(2)12-14-5-4-6-15(19)11-14/h4-11,13H,12H2,1-3H3. The highest BCUT2D eigenvalue weighted by Gasteiger charge is 2.19. The Balaban J connectivity index is 1.95. The molecular weight excluding hydrogens is 313 g/mol. The predicted molar refractivity (Wildman–Crippen MR) is 91.2 cm³/mol. The molecule has 1 atom stereocenters. The smallest absolute Gasteiger partial charge is 0.235 e. The number of carbonyl (C=O) groups is 1. The van der Waals surface area contributed by atoms with Gasteiger partial charge in [-0.2, -0.15) is 0 Å². The summed E-state index contributed by atoms with van der Waals surface area (Å²) in [5, 5.41) is -0.220. The molecule has 0 saturated heterocycles. The van der Waals surface area contributed by atoms with Gasteiger partial charge in [0.2, 0.25) is 5.91 Å². The monoisotopic (exact) mass is 333 g/mol. The Bertz CT molecular complexity index is 660. The summed E-state index contributed by atoms with van der Waals surface area (Å²) in [7, 11) is 3.36. The van der Waals surface area contributed by atoms with Crippen molar-refractivity contribution in [1.29, 1.82) is 0 Å². The van der Waals surface area contributed by atoms with E-state index in [0.717, 1.165) is 16.2 Å². The molecule has 122 valence electrons. The second kappa shape index (κ2) is 8.02. The first-order chi connectivity index (χ1) is 11.0. The maximum atomic E-state index is 13.2. The van der Waals surface area contributed by atoms with E-state index in [9.17, 15) is 9.18 Å². The molecule has 5 heteroatoms. The predicted octanol–water partition coefficient (Wildman–Crippen LogP) is 3.97. The Kier molecular flexibility index (Phi) is 6.04. The van der Waals surface area contributed by atoms with Crippen molar-refractivity contribution in [3.05, 3.63) is 59.9 Å². The largest absolute Gasteiger partial charge is 0.497 e. The van der Waals surface area contributed by atoms with Gasteiger partial charge in [0.25, 0.3) is 0 Å². The minimum atomic E-state index is -0.288. The van der Waals surface area contributed by atoms with Crippen molar-refractivity contribution in [2.75, 3.05) is 14.2 Å². The summed E-state index contributed by atoms with van der Waals surface area (Å²) in [5.41, 5.74) is 0.780. The first kappa shape index (κ1) is 17.3. The van der Waals surface area contributed by atoms with Gasteiger partial charge >= 0.3 is 0 Å². The number of halogens is 1. The molecule has 0 aliphatic heterocycles. The minimum Gasteiger partial charge on any atom is -0.497 e. The topological polar surface area (TPSA) is 29.5 Å². The zero-order valence-corrected chi connectivity index (χ0v) is 14.3. The molecule has 2 aromatic rings. The lowest BCUT2D eigenvalue weighted by Crippen LogP contribution is -2.32. The molecule has 2 aromatic carbocycles. The van der Waals surface area contributed by atoms with Gasteiger partial charge in [-0.3, -0.25) is 4.79 Å². The second-order valence-electron chi connectivity index (χ2n) is 5.26. The number of hydrogen-bond acceptors (Lipinski definition) is 3. The van der Waals surface area contributed by atoms with Gasteiger partial charge in [-0.25, -0.2) is 4.39 Å². The van der Waals surface area contributed by atoms with Gasteiger partial charge in [-0.1, -0.05) is 12.1 Å². The van der Waals surface area contributed by atoms with Gasteiger partial charge in [-0.15, -0.1) is 11.8 Å². The summed E-state index contributed by atoms with van der Waals surface area (Å²) < 4.78 is 18.3. The fraction of sp³-hybridized carbons (Fsp3) is 0.278. The van der Waals surface area contributed by atoms with Crippen molar-refractivity contribution < 1.29 is 13.9 Å². The van der Waals surface area contributed by atoms with Gasteiger partial charge in [0.15, 0.2) is 0 Å². The van der Waals surface area contributed by atoms with E-state index in [1.165, 1.54) is 23.9 Å². The Labute approximate surface area is 140 Å². The van der Waals surface area contributed by atoms with Gasteiger partial charge in [0.05, 0.1) is 12.4 Å². The van der Waals surface area contributed by atoms with Gasteiger partial charge < -0.3 is 9.64 Å². The van der Waals surface area contributed by atoms with Gasteiger partial charge in [-0.05, 0) is 48.9 Å². The van der Waals surface area contributed by atoms with E-state index in [2.05, 4.69) is 0 Å². The number of methoxy groups -OCH3 is 1. The van der Waals surface area contributed by atoms with Gasteiger partial charge in [0, 0.05) is 18.5 Å². The van der Waals surface area contributed by atoms with Crippen LogP contribution in [-0.4, -0.2) is 30.2 Å². The van der Waals surface area contributed by atoms with Crippen LogP contribution in [0.25, 0.3) is 0 Å². The number of nitrogens with zero attached hydrogens (tertiary/aromatic N) is 1. The molecule has 0 fully saturated rings. The summed E-state index contributed by atoms with van der Waals surface area (Å²) in [6.45, 7) is 2.27. The Morgan fingerprint density at radius 1 is 1.26 bits per heavy atom. The molecule has 0 heterocycles.